The summed E-state index contributed by atoms with van der Waals surface area (Å²) in [6.45, 7) is 9.94. The van der Waals surface area contributed by atoms with E-state index in [2.05, 4.69) is 42.3 Å². The molecule has 0 aromatic heterocycles. The second-order valence-corrected chi connectivity index (χ2v) is 7.08. The van der Waals surface area contributed by atoms with Crippen molar-refractivity contribution in [2.24, 2.45) is 0 Å². The van der Waals surface area contributed by atoms with Gasteiger partial charge >= 0.3 is 6.03 Å². The molecule has 5 nitrogen and oxygen atoms in total. The zero-order chi connectivity index (χ0) is 19.2. The molecule has 2 aromatic carbocycles. The molecule has 1 aliphatic heterocycles. The lowest BCUT2D eigenvalue weighted by Gasteiger charge is -2.36. The number of benzene rings is 2. The number of carbonyl (C=O) groups excluding carboxylic acids is 1. The maximum absolute atomic E-state index is 12.6. The van der Waals surface area contributed by atoms with Crippen LogP contribution in [0.4, 0.5) is 16.2 Å². The molecule has 3 rings (SSSR count). The second-order valence-electron chi connectivity index (χ2n) is 7.08. The second kappa shape index (κ2) is 8.80. The fourth-order valence-corrected chi connectivity index (χ4v) is 3.30. The van der Waals surface area contributed by atoms with Gasteiger partial charge in [0.1, 0.15) is 5.75 Å². The SMILES string of the molecule is CCOc1ccccc1N1CCN(C(=O)Nc2ccc(C(C)C)cc2)CC1. The quantitative estimate of drug-likeness (QED) is 0.842. The number of para-hydroxylation sites is 2. The van der Waals surface area contributed by atoms with Gasteiger partial charge < -0.3 is 19.9 Å². The summed E-state index contributed by atoms with van der Waals surface area (Å²) in [5.74, 6) is 1.39. The molecule has 0 saturated carbocycles. The molecule has 1 aliphatic rings. The van der Waals surface area contributed by atoms with Crippen LogP contribution in [0.1, 0.15) is 32.3 Å². The number of nitrogens with one attached hydrogen (secondary N) is 1. The van der Waals surface area contributed by atoms with Gasteiger partial charge in [0.05, 0.1) is 12.3 Å². The molecule has 0 bridgehead atoms. The van der Waals surface area contributed by atoms with Crippen LogP contribution in [0.5, 0.6) is 5.75 Å². The van der Waals surface area contributed by atoms with Gasteiger partial charge in [0, 0.05) is 31.9 Å². The Morgan fingerprint density at radius 3 is 2.33 bits per heavy atom. The van der Waals surface area contributed by atoms with Crippen LogP contribution in [0.2, 0.25) is 0 Å². The number of nitrogens with zero attached hydrogens (tertiary/aromatic N) is 2. The van der Waals surface area contributed by atoms with Gasteiger partial charge in [-0.05, 0) is 42.7 Å². The number of rotatable bonds is 5. The maximum atomic E-state index is 12.6. The molecule has 0 radical (unpaired) electrons. The lowest BCUT2D eigenvalue weighted by molar-refractivity contribution is 0.208. The van der Waals surface area contributed by atoms with Gasteiger partial charge in [0.25, 0.3) is 0 Å². The van der Waals surface area contributed by atoms with Gasteiger partial charge in [-0.25, -0.2) is 4.79 Å². The summed E-state index contributed by atoms with van der Waals surface area (Å²) < 4.78 is 5.74. The van der Waals surface area contributed by atoms with E-state index in [-0.39, 0.29) is 6.03 Å². The summed E-state index contributed by atoms with van der Waals surface area (Å²) >= 11 is 0. The first kappa shape index (κ1) is 19.1. The van der Waals surface area contributed by atoms with Crippen molar-refractivity contribution in [2.45, 2.75) is 26.7 Å². The Labute approximate surface area is 161 Å². The van der Waals surface area contributed by atoms with Crippen molar-refractivity contribution in [2.75, 3.05) is 43.0 Å². The van der Waals surface area contributed by atoms with Gasteiger partial charge in [-0.15, -0.1) is 0 Å². The number of hydrogen-bond acceptors (Lipinski definition) is 3. The zero-order valence-corrected chi connectivity index (χ0v) is 16.4. The topological polar surface area (TPSA) is 44.8 Å². The highest BCUT2D eigenvalue weighted by Crippen LogP contribution is 2.29. The summed E-state index contributed by atoms with van der Waals surface area (Å²) in [7, 11) is 0. The van der Waals surface area contributed by atoms with Crippen molar-refractivity contribution in [3.05, 3.63) is 54.1 Å². The Kier molecular flexibility index (Phi) is 6.22. The molecule has 5 heteroatoms. The molecule has 1 heterocycles. The van der Waals surface area contributed by atoms with Gasteiger partial charge in [-0.1, -0.05) is 38.1 Å². The van der Waals surface area contributed by atoms with Crippen LogP contribution >= 0.6 is 0 Å². The van der Waals surface area contributed by atoms with E-state index < -0.39 is 0 Å². The molecule has 0 spiro atoms. The van der Waals surface area contributed by atoms with Gasteiger partial charge in [-0.2, -0.15) is 0 Å². The summed E-state index contributed by atoms with van der Waals surface area (Å²) in [6, 6.07) is 16.1. The minimum absolute atomic E-state index is 0.0370. The molecular formula is C22H29N3O2. The van der Waals surface area contributed by atoms with Crippen LogP contribution in [-0.2, 0) is 0 Å². The first-order valence-electron chi connectivity index (χ1n) is 9.71. The molecule has 27 heavy (non-hydrogen) atoms. The fourth-order valence-electron chi connectivity index (χ4n) is 3.30. The van der Waals surface area contributed by atoms with Crippen LogP contribution in [-0.4, -0.2) is 43.7 Å². The molecule has 1 N–H and O–H groups in total. The maximum Gasteiger partial charge on any atom is 0.321 e. The van der Waals surface area contributed by atoms with Gasteiger partial charge in [-0.3, -0.25) is 0 Å². The van der Waals surface area contributed by atoms with Crippen molar-refractivity contribution < 1.29 is 9.53 Å². The highest BCUT2D eigenvalue weighted by Gasteiger charge is 2.23. The van der Waals surface area contributed by atoms with E-state index in [1.54, 1.807) is 0 Å². The molecule has 0 atom stereocenters. The molecular weight excluding hydrogens is 338 g/mol. The fraction of sp³-hybridized carbons (Fsp3) is 0.409. The summed E-state index contributed by atoms with van der Waals surface area (Å²) in [4.78, 5) is 16.7. The van der Waals surface area contributed by atoms with Crippen molar-refractivity contribution in [3.8, 4) is 5.75 Å². The Bertz CT molecular complexity index is 750. The van der Waals surface area contributed by atoms with E-state index in [0.29, 0.717) is 25.6 Å². The predicted molar refractivity (Wildman–Crippen MR) is 111 cm³/mol. The number of ether oxygens (including phenoxy) is 1. The lowest BCUT2D eigenvalue weighted by Crippen LogP contribution is -2.50. The van der Waals surface area contributed by atoms with Crippen LogP contribution in [0.15, 0.2) is 48.5 Å². The lowest BCUT2D eigenvalue weighted by atomic mass is 10.0. The molecule has 2 aromatic rings. The molecule has 1 fully saturated rings. The number of hydrogen-bond donors (Lipinski definition) is 1. The Morgan fingerprint density at radius 1 is 1.04 bits per heavy atom. The minimum atomic E-state index is -0.0370. The third-order valence-corrected chi connectivity index (χ3v) is 4.90. The van der Waals surface area contributed by atoms with E-state index in [4.69, 9.17) is 4.74 Å². The largest absolute Gasteiger partial charge is 0.492 e. The van der Waals surface area contributed by atoms with Crippen molar-refractivity contribution in [1.29, 1.82) is 0 Å². The molecule has 144 valence electrons. The number of carbonyl (C=O) groups is 1. The van der Waals surface area contributed by atoms with E-state index in [1.165, 1.54) is 5.56 Å². The Balaban J connectivity index is 1.56. The van der Waals surface area contributed by atoms with Gasteiger partial charge in [0.15, 0.2) is 0 Å². The smallest absolute Gasteiger partial charge is 0.321 e. The molecule has 0 unspecified atom stereocenters. The van der Waals surface area contributed by atoms with Crippen LogP contribution in [0, 0.1) is 0 Å². The van der Waals surface area contributed by atoms with Crippen LogP contribution < -0.4 is 15.0 Å². The zero-order valence-electron chi connectivity index (χ0n) is 16.4. The number of piperazine rings is 1. The number of anilines is 2. The van der Waals surface area contributed by atoms with E-state index in [0.717, 1.165) is 30.2 Å². The third-order valence-electron chi connectivity index (χ3n) is 4.90. The van der Waals surface area contributed by atoms with Crippen molar-refractivity contribution in [1.82, 2.24) is 4.90 Å². The molecule has 1 saturated heterocycles. The summed E-state index contributed by atoms with van der Waals surface area (Å²) in [5, 5.41) is 3.01. The van der Waals surface area contributed by atoms with E-state index in [1.807, 2.05) is 42.2 Å². The van der Waals surface area contributed by atoms with Crippen molar-refractivity contribution in [3.63, 3.8) is 0 Å². The average molecular weight is 367 g/mol. The standard InChI is InChI=1S/C22H29N3O2/c1-4-27-21-8-6-5-7-20(21)24-13-15-25(16-14-24)22(26)23-19-11-9-18(10-12-19)17(2)3/h5-12,17H,4,13-16H2,1-3H3,(H,23,26). The number of urea groups is 1. The third kappa shape index (κ3) is 4.73. The summed E-state index contributed by atoms with van der Waals surface area (Å²) in [6.07, 6.45) is 0. The van der Waals surface area contributed by atoms with Crippen molar-refractivity contribution >= 4 is 17.4 Å². The first-order valence-corrected chi connectivity index (χ1v) is 9.71. The first-order chi connectivity index (χ1) is 13.1. The van der Waals surface area contributed by atoms with Gasteiger partial charge in [0.2, 0.25) is 0 Å². The van der Waals surface area contributed by atoms with E-state index >= 15 is 0 Å². The highest BCUT2D eigenvalue weighted by atomic mass is 16.5. The highest BCUT2D eigenvalue weighted by molar-refractivity contribution is 5.89. The van der Waals surface area contributed by atoms with Crippen LogP contribution in [0.25, 0.3) is 0 Å². The molecule has 0 aliphatic carbocycles. The van der Waals surface area contributed by atoms with Crippen LogP contribution in [0.3, 0.4) is 0 Å². The Hall–Kier alpha value is -2.69. The molecule has 2 amide bonds. The Morgan fingerprint density at radius 2 is 1.70 bits per heavy atom. The summed E-state index contributed by atoms with van der Waals surface area (Å²) in [5.41, 5.74) is 3.21. The predicted octanol–water partition coefficient (Wildman–Crippen LogP) is 4.56. The minimum Gasteiger partial charge on any atom is -0.492 e. The average Bonchev–Trinajstić information content (AvgIpc) is 2.69. The number of amides is 2. The monoisotopic (exact) mass is 367 g/mol. The normalized spacial score (nSPS) is 14.4. The van der Waals surface area contributed by atoms with E-state index in [9.17, 15) is 4.79 Å².